The van der Waals surface area contributed by atoms with Crippen LogP contribution < -0.4 is 10.2 Å². The molecule has 1 N–H and O–H groups in total. The van der Waals surface area contributed by atoms with Crippen LogP contribution in [0.2, 0.25) is 0 Å². The van der Waals surface area contributed by atoms with Crippen LogP contribution >= 0.6 is 15.9 Å². The number of hydrazone groups is 1. The van der Waals surface area contributed by atoms with Gasteiger partial charge in [-0.15, -0.1) is 0 Å². The Kier molecular flexibility index (Phi) is 6.11. The van der Waals surface area contributed by atoms with Crippen LogP contribution in [0, 0.1) is 0 Å². The summed E-state index contributed by atoms with van der Waals surface area (Å²) in [6, 6.07) is 15.0. The molecule has 0 bridgehead atoms. The molecular weight excluding hydrogens is 356 g/mol. The first-order valence-corrected chi connectivity index (χ1v) is 7.81. The average molecular weight is 373 g/mol. The maximum atomic E-state index is 12.1. The minimum atomic E-state index is -0.277. The van der Waals surface area contributed by atoms with E-state index in [4.69, 9.17) is 4.74 Å². The Labute approximate surface area is 144 Å². The van der Waals surface area contributed by atoms with Crippen LogP contribution in [0.4, 0.5) is 0 Å². The minimum absolute atomic E-state index is 0.277. The number of carbonyl (C=O) groups excluding carboxylic acids is 1. The molecule has 4 nitrogen and oxygen atoms in total. The lowest BCUT2D eigenvalue weighted by Crippen LogP contribution is -2.18. The van der Waals surface area contributed by atoms with Crippen molar-refractivity contribution in [2.45, 2.75) is 6.92 Å². The van der Waals surface area contributed by atoms with E-state index in [0.717, 1.165) is 10.0 Å². The Morgan fingerprint density at radius 1 is 1.22 bits per heavy atom. The second-order valence-electron chi connectivity index (χ2n) is 4.79. The molecule has 0 aromatic heterocycles. The van der Waals surface area contributed by atoms with Gasteiger partial charge in [0.1, 0.15) is 5.75 Å². The van der Waals surface area contributed by atoms with E-state index in [0.29, 0.717) is 17.0 Å². The van der Waals surface area contributed by atoms with Crippen molar-refractivity contribution in [3.8, 4) is 5.75 Å². The van der Waals surface area contributed by atoms with Crippen molar-refractivity contribution in [1.29, 1.82) is 0 Å². The molecule has 0 saturated heterocycles. The highest BCUT2D eigenvalue weighted by atomic mass is 79.9. The van der Waals surface area contributed by atoms with Gasteiger partial charge in [-0.3, -0.25) is 4.79 Å². The molecule has 0 spiro atoms. The fraction of sp³-hybridized carbons (Fsp3) is 0.111. The van der Waals surface area contributed by atoms with E-state index in [-0.39, 0.29) is 5.91 Å². The predicted molar refractivity (Wildman–Crippen MR) is 96.7 cm³/mol. The van der Waals surface area contributed by atoms with Gasteiger partial charge in [0.25, 0.3) is 5.91 Å². The fourth-order valence-corrected chi connectivity index (χ4v) is 2.37. The van der Waals surface area contributed by atoms with Crippen LogP contribution in [0.1, 0.15) is 22.8 Å². The standard InChI is InChI=1S/C18H17BrN2O2/c1-13(8-9-14-6-4-3-5-7-14)20-21-18(22)15-10-11-17(23-2)16(19)12-15/h3-12H,1-2H3,(H,21,22)/b9-8+,20-13+. The van der Waals surface area contributed by atoms with Crippen LogP contribution in [-0.2, 0) is 0 Å². The summed E-state index contributed by atoms with van der Waals surface area (Å²) in [5.74, 6) is 0.396. The van der Waals surface area contributed by atoms with E-state index >= 15 is 0 Å². The molecule has 2 aromatic rings. The zero-order valence-electron chi connectivity index (χ0n) is 12.9. The normalized spacial score (nSPS) is 11.5. The first kappa shape index (κ1) is 17.0. The highest BCUT2D eigenvalue weighted by Crippen LogP contribution is 2.25. The number of halogens is 1. The Morgan fingerprint density at radius 2 is 1.96 bits per heavy atom. The molecule has 0 saturated carbocycles. The summed E-state index contributed by atoms with van der Waals surface area (Å²) >= 11 is 3.35. The van der Waals surface area contributed by atoms with Crippen molar-refractivity contribution in [1.82, 2.24) is 5.43 Å². The second-order valence-corrected chi connectivity index (χ2v) is 5.64. The summed E-state index contributed by atoms with van der Waals surface area (Å²) in [5, 5.41) is 4.07. The summed E-state index contributed by atoms with van der Waals surface area (Å²) in [7, 11) is 1.58. The van der Waals surface area contributed by atoms with Crippen LogP contribution in [0.25, 0.3) is 6.08 Å². The van der Waals surface area contributed by atoms with Crippen molar-refractivity contribution in [2.75, 3.05) is 7.11 Å². The van der Waals surface area contributed by atoms with E-state index in [9.17, 15) is 4.79 Å². The highest BCUT2D eigenvalue weighted by molar-refractivity contribution is 9.10. The van der Waals surface area contributed by atoms with E-state index in [1.807, 2.05) is 49.4 Å². The molecule has 0 radical (unpaired) electrons. The number of nitrogens with zero attached hydrogens (tertiary/aromatic N) is 1. The molecule has 118 valence electrons. The monoisotopic (exact) mass is 372 g/mol. The molecule has 1 amide bonds. The molecule has 0 unspecified atom stereocenters. The third-order valence-electron chi connectivity index (χ3n) is 3.06. The lowest BCUT2D eigenvalue weighted by molar-refractivity contribution is 0.0954. The fourth-order valence-electron chi connectivity index (χ4n) is 1.83. The van der Waals surface area contributed by atoms with Crippen molar-refractivity contribution in [2.24, 2.45) is 5.10 Å². The number of hydrogen-bond donors (Lipinski definition) is 1. The summed E-state index contributed by atoms with van der Waals surface area (Å²) in [4.78, 5) is 12.1. The first-order valence-electron chi connectivity index (χ1n) is 7.01. The highest BCUT2D eigenvalue weighted by Gasteiger charge is 2.08. The van der Waals surface area contributed by atoms with Crippen molar-refractivity contribution in [3.63, 3.8) is 0 Å². The molecule has 0 aliphatic heterocycles. The number of nitrogens with one attached hydrogen (secondary N) is 1. The summed E-state index contributed by atoms with van der Waals surface area (Å²) < 4.78 is 5.86. The molecule has 0 aliphatic carbocycles. The van der Waals surface area contributed by atoms with E-state index in [1.165, 1.54) is 0 Å². The SMILES string of the molecule is COc1ccc(C(=O)N/N=C(C)/C=C/c2ccccc2)cc1Br. The zero-order chi connectivity index (χ0) is 16.7. The number of methoxy groups -OCH3 is 1. The van der Waals surface area contributed by atoms with Gasteiger partial charge >= 0.3 is 0 Å². The van der Waals surface area contributed by atoms with Crippen molar-refractivity contribution >= 4 is 33.6 Å². The lowest BCUT2D eigenvalue weighted by Gasteiger charge is -2.05. The topological polar surface area (TPSA) is 50.7 Å². The van der Waals surface area contributed by atoms with Crippen LogP contribution in [0.15, 0.2) is 64.2 Å². The lowest BCUT2D eigenvalue weighted by atomic mass is 10.2. The third kappa shape index (κ3) is 5.07. The van der Waals surface area contributed by atoms with Crippen molar-refractivity contribution < 1.29 is 9.53 Å². The number of carbonyl (C=O) groups is 1. The van der Waals surface area contributed by atoms with Gasteiger partial charge in [-0.25, -0.2) is 5.43 Å². The van der Waals surface area contributed by atoms with Crippen LogP contribution in [0.5, 0.6) is 5.75 Å². The third-order valence-corrected chi connectivity index (χ3v) is 3.68. The second kappa shape index (κ2) is 8.29. The summed E-state index contributed by atoms with van der Waals surface area (Å²) in [6.45, 7) is 1.82. The molecule has 2 rings (SSSR count). The molecule has 2 aromatic carbocycles. The summed E-state index contributed by atoms with van der Waals surface area (Å²) in [5.41, 5.74) is 4.82. The van der Waals surface area contributed by atoms with Gasteiger partial charge in [0.15, 0.2) is 0 Å². The summed E-state index contributed by atoms with van der Waals surface area (Å²) in [6.07, 6.45) is 3.79. The van der Waals surface area contributed by atoms with Crippen LogP contribution in [0.3, 0.4) is 0 Å². The smallest absolute Gasteiger partial charge is 0.271 e. The average Bonchev–Trinajstić information content (AvgIpc) is 2.58. The number of rotatable bonds is 5. The molecular formula is C18H17BrN2O2. The maximum absolute atomic E-state index is 12.1. The molecule has 5 heteroatoms. The molecule has 0 atom stereocenters. The number of hydrogen-bond acceptors (Lipinski definition) is 3. The Balaban J connectivity index is 2.00. The molecule has 0 heterocycles. The Hall–Kier alpha value is -2.40. The number of allylic oxidation sites excluding steroid dienone is 1. The quantitative estimate of drug-likeness (QED) is 0.628. The Bertz CT molecular complexity index is 740. The van der Waals surface area contributed by atoms with Gasteiger partial charge in [-0.1, -0.05) is 36.4 Å². The Morgan fingerprint density at radius 3 is 2.61 bits per heavy atom. The minimum Gasteiger partial charge on any atom is -0.496 e. The maximum Gasteiger partial charge on any atom is 0.271 e. The van der Waals surface area contributed by atoms with Gasteiger partial charge in [0.2, 0.25) is 0 Å². The first-order chi connectivity index (χ1) is 11.1. The predicted octanol–water partition coefficient (Wildman–Crippen LogP) is 4.28. The van der Waals surface area contributed by atoms with Crippen LogP contribution in [-0.4, -0.2) is 18.7 Å². The van der Waals surface area contributed by atoms with Gasteiger partial charge in [-0.05, 0) is 52.7 Å². The number of benzene rings is 2. The molecule has 0 aliphatic rings. The van der Waals surface area contributed by atoms with Gasteiger partial charge in [0.05, 0.1) is 17.3 Å². The largest absolute Gasteiger partial charge is 0.496 e. The van der Waals surface area contributed by atoms with E-state index in [2.05, 4.69) is 26.5 Å². The zero-order valence-corrected chi connectivity index (χ0v) is 14.5. The van der Waals surface area contributed by atoms with Gasteiger partial charge in [0, 0.05) is 5.56 Å². The molecule has 0 fully saturated rings. The van der Waals surface area contributed by atoms with E-state index < -0.39 is 0 Å². The molecule has 23 heavy (non-hydrogen) atoms. The van der Waals surface area contributed by atoms with Crippen molar-refractivity contribution in [3.05, 3.63) is 70.2 Å². The van der Waals surface area contributed by atoms with Gasteiger partial charge < -0.3 is 4.74 Å². The number of amides is 1. The number of ether oxygens (including phenoxy) is 1. The van der Waals surface area contributed by atoms with E-state index in [1.54, 1.807) is 25.3 Å². The van der Waals surface area contributed by atoms with Gasteiger partial charge in [-0.2, -0.15) is 5.10 Å².